The lowest BCUT2D eigenvalue weighted by atomic mass is 9.74. The highest BCUT2D eigenvalue weighted by Gasteiger charge is 2.36. The second kappa shape index (κ2) is 4.16. The number of halogens is 1. The van der Waals surface area contributed by atoms with Gasteiger partial charge in [0.05, 0.1) is 0 Å². The van der Waals surface area contributed by atoms with Crippen molar-refractivity contribution in [3.63, 3.8) is 0 Å². The number of rotatable bonds is 1. The highest BCUT2D eigenvalue weighted by atomic mass is 127. The van der Waals surface area contributed by atoms with E-state index in [0.717, 1.165) is 9.13 Å². The minimum Gasteiger partial charge on any atom is -0.296 e. The summed E-state index contributed by atoms with van der Waals surface area (Å²) in [6, 6.07) is 7.98. The van der Waals surface area contributed by atoms with Crippen LogP contribution in [0.25, 0.3) is 0 Å². The maximum Gasteiger partial charge on any atom is 0.227 e. The van der Waals surface area contributed by atoms with Crippen LogP contribution in [0.5, 0.6) is 0 Å². The zero-order chi connectivity index (χ0) is 11.8. The standard InChI is InChI=1S/C12H12INO2/c1-12(6-10(15)14-11(16)7-12)8-2-4-9(13)5-3-8/h2-5H,6-7H2,1H3,(H,14,15,16). The van der Waals surface area contributed by atoms with Gasteiger partial charge in [-0.25, -0.2) is 0 Å². The molecule has 4 heteroatoms. The molecule has 1 aliphatic rings. The third kappa shape index (κ3) is 2.26. The lowest BCUT2D eigenvalue weighted by Gasteiger charge is -2.32. The van der Waals surface area contributed by atoms with Crippen molar-refractivity contribution in [2.75, 3.05) is 0 Å². The van der Waals surface area contributed by atoms with Gasteiger partial charge in [0.2, 0.25) is 11.8 Å². The second-order valence-electron chi connectivity index (χ2n) is 4.39. The maximum atomic E-state index is 11.4. The Kier molecular flexibility index (Phi) is 3.01. The van der Waals surface area contributed by atoms with Crippen LogP contribution in [0.15, 0.2) is 24.3 Å². The van der Waals surface area contributed by atoms with Gasteiger partial charge in [-0.2, -0.15) is 0 Å². The van der Waals surface area contributed by atoms with Gasteiger partial charge in [0, 0.05) is 21.8 Å². The Hall–Kier alpha value is -0.910. The van der Waals surface area contributed by atoms with Crippen LogP contribution in [0.1, 0.15) is 25.3 Å². The van der Waals surface area contributed by atoms with Gasteiger partial charge in [-0.1, -0.05) is 19.1 Å². The minimum absolute atomic E-state index is 0.183. The fraction of sp³-hybridized carbons (Fsp3) is 0.333. The van der Waals surface area contributed by atoms with Crippen LogP contribution in [-0.2, 0) is 15.0 Å². The molecule has 0 bridgehead atoms. The van der Waals surface area contributed by atoms with Crippen LogP contribution >= 0.6 is 22.6 Å². The van der Waals surface area contributed by atoms with Crippen molar-refractivity contribution in [1.29, 1.82) is 0 Å². The van der Waals surface area contributed by atoms with Crippen LogP contribution in [0.3, 0.4) is 0 Å². The number of nitrogens with one attached hydrogen (secondary N) is 1. The fourth-order valence-electron chi connectivity index (χ4n) is 2.07. The molecule has 3 nitrogen and oxygen atoms in total. The molecule has 1 saturated heterocycles. The lowest BCUT2D eigenvalue weighted by Crippen LogP contribution is -2.45. The third-order valence-electron chi connectivity index (χ3n) is 2.92. The largest absolute Gasteiger partial charge is 0.296 e. The van der Waals surface area contributed by atoms with E-state index in [1.165, 1.54) is 0 Å². The van der Waals surface area contributed by atoms with Crippen LogP contribution in [0, 0.1) is 3.57 Å². The molecule has 0 radical (unpaired) electrons. The summed E-state index contributed by atoms with van der Waals surface area (Å²) in [4.78, 5) is 22.8. The van der Waals surface area contributed by atoms with Crippen molar-refractivity contribution in [2.45, 2.75) is 25.2 Å². The first-order chi connectivity index (χ1) is 7.49. The number of imide groups is 1. The molecule has 0 aromatic heterocycles. The predicted octanol–water partition coefficient (Wildman–Crippen LogP) is 1.99. The minimum atomic E-state index is -0.357. The van der Waals surface area contributed by atoms with Crippen molar-refractivity contribution >= 4 is 34.4 Å². The molecule has 2 rings (SSSR count). The van der Waals surface area contributed by atoms with Crippen LogP contribution in [0.2, 0.25) is 0 Å². The quantitative estimate of drug-likeness (QED) is 0.633. The zero-order valence-electron chi connectivity index (χ0n) is 8.92. The molecule has 0 spiro atoms. The molecule has 16 heavy (non-hydrogen) atoms. The first-order valence-corrected chi connectivity index (χ1v) is 6.16. The Morgan fingerprint density at radius 3 is 2.12 bits per heavy atom. The topological polar surface area (TPSA) is 46.2 Å². The number of hydrogen-bond donors (Lipinski definition) is 1. The molecule has 0 atom stereocenters. The average Bonchev–Trinajstić information content (AvgIpc) is 2.16. The van der Waals surface area contributed by atoms with Crippen molar-refractivity contribution in [3.8, 4) is 0 Å². The molecular formula is C12H12INO2. The Labute approximate surface area is 108 Å². The van der Waals surface area contributed by atoms with E-state index in [-0.39, 0.29) is 17.2 Å². The Morgan fingerprint density at radius 1 is 1.12 bits per heavy atom. The van der Waals surface area contributed by atoms with E-state index in [1.54, 1.807) is 0 Å². The summed E-state index contributed by atoms with van der Waals surface area (Å²) in [6.07, 6.45) is 0.749. The number of carbonyl (C=O) groups excluding carboxylic acids is 2. The molecule has 1 aromatic rings. The zero-order valence-corrected chi connectivity index (χ0v) is 11.1. The van der Waals surface area contributed by atoms with Crippen LogP contribution < -0.4 is 5.32 Å². The van der Waals surface area contributed by atoms with Crippen LogP contribution in [-0.4, -0.2) is 11.8 Å². The summed E-state index contributed by atoms with van der Waals surface area (Å²) >= 11 is 2.23. The van der Waals surface area contributed by atoms with Gasteiger partial charge < -0.3 is 0 Å². The van der Waals surface area contributed by atoms with E-state index < -0.39 is 0 Å². The number of carbonyl (C=O) groups is 2. The second-order valence-corrected chi connectivity index (χ2v) is 5.64. The average molecular weight is 329 g/mol. The number of hydrogen-bond acceptors (Lipinski definition) is 2. The summed E-state index contributed by atoms with van der Waals surface area (Å²) < 4.78 is 1.15. The maximum absolute atomic E-state index is 11.4. The predicted molar refractivity (Wildman–Crippen MR) is 68.9 cm³/mol. The molecule has 2 amide bonds. The number of amides is 2. The fourth-order valence-corrected chi connectivity index (χ4v) is 2.43. The van der Waals surface area contributed by atoms with E-state index in [2.05, 4.69) is 27.9 Å². The summed E-state index contributed by atoms with van der Waals surface area (Å²) in [5, 5.41) is 2.34. The smallest absolute Gasteiger partial charge is 0.227 e. The molecule has 0 aliphatic carbocycles. The van der Waals surface area contributed by atoms with E-state index in [0.29, 0.717) is 12.8 Å². The van der Waals surface area contributed by atoms with Gasteiger partial charge in [0.25, 0.3) is 0 Å². The van der Waals surface area contributed by atoms with Gasteiger partial charge >= 0.3 is 0 Å². The highest BCUT2D eigenvalue weighted by Crippen LogP contribution is 2.33. The summed E-state index contributed by atoms with van der Waals surface area (Å²) in [5.41, 5.74) is 0.695. The number of piperidine rings is 1. The Balaban J connectivity index is 2.33. The normalized spacial score (nSPS) is 19.4. The van der Waals surface area contributed by atoms with Gasteiger partial charge in [-0.05, 0) is 40.3 Å². The molecule has 1 N–H and O–H groups in total. The van der Waals surface area contributed by atoms with Gasteiger partial charge in [-0.15, -0.1) is 0 Å². The Bertz CT molecular complexity index is 423. The van der Waals surface area contributed by atoms with Gasteiger partial charge in [-0.3, -0.25) is 14.9 Å². The summed E-state index contributed by atoms with van der Waals surface area (Å²) in [5.74, 6) is -0.366. The molecule has 1 aromatic carbocycles. The molecular weight excluding hydrogens is 317 g/mol. The van der Waals surface area contributed by atoms with E-state index in [1.807, 2.05) is 31.2 Å². The van der Waals surface area contributed by atoms with Crippen molar-refractivity contribution in [1.82, 2.24) is 5.32 Å². The first kappa shape index (κ1) is 11.6. The summed E-state index contributed by atoms with van der Waals surface area (Å²) in [6.45, 7) is 1.96. The van der Waals surface area contributed by atoms with E-state index in [4.69, 9.17) is 0 Å². The molecule has 1 aliphatic heterocycles. The Morgan fingerprint density at radius 2 is 1.62 bits per heavy atom. The third-order valence-corrected chi connectivity index (χ3v) is 3.64. The van der Waals surface area contributed by atoms with Crippen molar-refractivity contribution in [3.05, 3.63) is 33.4 Å². The molecule has 84 valence electrons. The van der Waals surface area contributed by atoms with Crippen molar-refractivity contribution in [2.24, 2.45) is 0 Å². The number of benzene rings is 1. The van der Waals surface area contributed by atoms with Crippen LogP contribution in [0.4, 0.5) is 0 Å². The molecule has 1 fully saturated rings. The molecule has 0 unspecified atom stereocenters. The van der Waals surface area contributed by atoms with Gasteiger partial charge in [0.1, 0.15) is 0 Å². The monoisotopic (exact) mass is 329 g/mol. The molecule has 1 heterocycles. The van der Waals surface area contributed by atoms with E-state index in [9.17, 15) is 9.59 Å². The summed E-state index contributed by atoms with van der Waals surface area (Å²) in [7, 11) is 0. The first-order valence-electron chi connectivity index (χ1n) is 5.08. The van der Waals surface area contributed by atoms with Gasteiger partial charge in [0.15, 0.2) is 0 Å². The molecule has 0 saturated carbocycles. The van der Waals surface area contributed by atoms with E-state index >= 15 is 0 Å². The SMILES string of the molecule is CC1(c2ccc(I)cc2)CC(=O)NC(=O)C1. The van der Waals surface area contributed by atoms with Crippen molar-refractivity contribution < 1.29 is 9.59 Å². The highest BCUT2D eigenvalue weighted by molar-refractivity contribution is 14.1. The lowest BCUT2D eigenvalue weighted by molar-refractivity contribution is -0.135.